The molecular formula is C25H26N6O3. The number of aromatic carboxylic acids is 1. The number of rotatable bonds is 5. The number of nitrogens with zero attached hydrogens (tertiary/aromatic N) is 5. The van der Waals surface area contributed by atoms with Crippen molar-refractivity contribution in [3.05, 3.63) is 66.2 Å². The van der Waals surface area contributed by atoms with Gasteiger partial charge in [-0.15, -0.1) is 0 Å². The molecule has 3 aromatic heterocycles. The molecule has 0 unspecified atom stereocenters. The first-order valence-electron chi connectivity index (χ1n) is 11.3. The van der Waals surface area contributed by atoms with Gasteiger partial charge in [0.25, 0.3) is 5.91 Å². The Morgan fingerprint density at radius 1 is 1.15 bits per heavy atom. The van der Waals surface area contributed by atoms with Gasteiger partial charge in [-0.05, 0) is 49.2 Å². The van der Waals surface area contributed by atoms with Crippen molar-refractivity contribution in [1.82, 2.24) is 24.6 Å². The maximum atomic E-state index is 13.9. The number of benzene rings is 1. The van der Waals surface area contributed by atoms with Gasteiger partial charge in [0.15, 0.2) is 11.5 Å². The van der Waals surface area contributed by atoms with E-state index in [1.54, 1.807) is 37.5 Å². The molecule has 1 aliphatic rings. The third kappa shape index (κ3) is 3.73. The van der Waals surface area contributed by atoms with E-state index < -0.39 is 5.97 Å². The fourth-order valence-electron chi connectivity index (χ4n) is 4.72. The molecule has 0 bridgehead atoms. The third-order valence-corrected chi connectivity index (χ3v) is 6.43. The molecule has 0 radical (unpaired) electrons. The molecule has 174 valence electrons. The molecule has 1 fully saturated rings. The number of nitrogens with one attached hydrogen (secondary N) is 1. The molecule has 0 aliphatic carbocycles. The Kier molecular flexibility index (Phi) is 5.62. The number of carbonyl (C=O) groups is 2. The standard InChI is InChI=1S/C25H26N6O3/c1-29-13-10-17-9-12-27-23(21(17)29)31(19-4-3-11-26-14-19)24(32)18-7-5-16(6-8-18)20-15-28-30(2)22(20)25(33)34/h5-10,12-13,15,19,26H,3-4,11,14H2,1-2H3,(H,33,34)/t19-/m1/s1. The van der Waals surface area contributed by atoms with E-state index in [0.29, 0.717) is 29.1 Å². The molecule has 5 rings (SSSR count). The molecule has 1 amide bonds. The van der Waals surface area contributed by atoms with Crippen molar-refractivity contribution >= 4 is 28.6 Å². The largest absolute Gasteiger partial charge is 0.477 e. The molecule has 9 heteroatoms. The zero-order chi connectivity index (χ0) is 23.8. The Labute approximate surface area is 196 Å². The molecule has 1 aliphatic heterocycles. The van der Waals surface area contributed by atoms with E-state index in [1.165, 1.54) is 10.9 Å². The van der Waals surface area contributed by atoms with Crippen LogP contribution in [0.2, 0.25) is 0 Å². The highest BCUT2D eigenvalue weighted by Crippen LogP contribution is 2.30. The van der Waals surface area contributed by atoms with Crippen LogP contribution in [0.5, 0.6) is 0 Å². The second kappa shape index (κ2) is 8.75. The van der Waals surface area contributed by atoms with Gasteiger partial charge in [0, 0.05) is 49.5 Å². The lowest BCUT2D eigenvalue weighted by Crippen LogP contribution is -2.49. The second-order valence-electron chi connectivity index (χ2n) is 8.59. The van der Waals surface area contributed by atoms with Gasteiger partial charge in [-0.25, -0.2) is 9.78 Å². The van der Waals surface area contributed by atoms with Crippen molar-refractivity contribution in [3.8, 4) is 11.1 Å². The highest BCUT2D eigenvalue weighted by molar-refractivity contribution is 6.10. The molecular weight excluding hydrogens is 432 g/mol. The summed E-state index contributed by atoms with van der Waals surface area (Å²) in [5.74, 6) is -0.535. The van der Waals surface area contributed by atoms with Crippen molar-refractivity contribution in [2.75, 3.05) is 18.0 Å². The van der Waals surface area contributed by atoms with Gasteiger partial charge in [-0.2, -0.15) is 5.10 Å². The lowest BCUT2D eigenvalue weighted by molar-refractivity contribution is 0.0685. The van der Waals surface area contributed by atoms with Crippen molar-refractivity contribution in [3.63, 3.8) is 0 Å². The van der Waals surface area contributed by atoms with Gasteiger partial charge in [0.2, 0.25) is 0 Å². The summed E-state index contributed by atoms with van der Waals surface area (Å²) >= 11 is 0. The van der Waals surface area contributed by atoms with Crippen LogP contribution in [-0.2, 0) is 14.1 Å². The summed E-state index contributed by atoms with van der Waals surface area (Å²) in [5.41, 5.74) is 2.74. The van der Waals surface area contributed by atoms with E-state index in [1.807, 2.05) is 34.8 Å². The average molecular weight is 459 g/mol. The summed E-state index contributed by atoms with van der Waals surface area (Å²) in [6, 6.07) is 11.0. The lowest BCUT2D eigenvalue weighted by atomic mass is 10.0. The molecule has 1 aromatic carbocycles. The number of carboxylic acids is 1. The summed E-state index contributed by atoms with van der Waals surface area (Å²) in [5, 5.41) is 18.0. The molecule has 1 saturated heterocycles. The van der Waals surface area contributed by atoms with Crippen molar-refractivity contribution in [2.24, 2.45) is 14.1 Å². The Hall–Kier alpha value is -3.98. The van der Waals surface area contributed by atoms with Crippen molar-refractivity contribution < 1.29 is 14.7 Å². The Balaban J connectivity index is 1.54. The van der Waals surface area contributed by atoms with Crippen LogP contribution in [0, 0.1) is 0 Å². The number of aromatic nitrogens is 4. The van der Waals surface area contributed by atoms with Gasteiger partial charge in [-0.1, -0.05) is 12.1 Å². The van der Waals surface area contributed by atoms with E-state index in [9.17, 15) is 14.7 Å². The number of anilines is 1. The minimum Gasteiger partial charge on any atom is -0.477 e. The average Bonchev–Trinajstić information content (AvgIpc) is 3.43. The van der Waals surface area contributed by atoms with Crippen LogP contribution in [0.1, 0.15) is 33.7 Å². The second-order valence-corrected chi connectivity index (χ2v) is 8.59. The maximum Gasteiger partial charge on any atom is 0.354 e. The van der Waals surface area contributed by atoms with Crippen LogP contribution in [0.4, 0.5) is 5.82 Å². The van der Waals surface area contributed by atoms with Crippen molar-refractivity contribution in [2.45, 2.75) is 18.9 Å². The topological polar surface area (TPSA) is 105 Å². The van der Waals surface area contributed by atoms with Crippen LogP contribution in [0.3, 0.4) is 0 Å². The zero-order valence-corrected chi connectivity index (χ0v) is 19.1. The van der Waals surface area contributed by atoms with E-state index in [4.69, 9.17) is 0 Å². The number of pyridine rings is 1. The molecule has 9 nitrogen and oxygen atoms in total. The molecule has 4 heterocycles. The number of amides is 1. The predicted octanol–water partition coefficient (Wildman–Crippen LogP) is 3.07. The van der Waals surface area contributed by atoms with E-state index in [2.05, 4.69) is 15.4 Å². The summed E-state index contributed by atoms with van der Waals surface area (Å²) in [6.07, 6.45) is 7.11. The first-order valence-corrected chi connectivity index (χ1v) is 11.3. The highest BCUT2D eigenvalue weighted by atomic mass is 16.4. The van der Waals surface area contributed by atoms with E-state index in [-0.39, 0.29) is 17.6 Å². The first-order chi connectivity index (χ1) is 16.5. The maximum absolute atomic E-state index is 13.9. The smallest absolute Gasteiger partial charge is 0.354 e. The number of piperidine rings is 1. The highest BCUT2D eigenvalue weighted by Gasteiger charge is 2.30. The molecule has 2 N–H and O–H groups in total. The zero-order valence-electron chi connectivity index (χ0n) is 19.1. The van der Waals surface area contributed by atoms with Gasteiger partial charge >= 0.3 is 5.97 Å². The normalized spacial score (nSPS) is 16.0. The Morgan fingerprint density at radius 2 is 1.94 bits per heavy atom. The number of aryl methyl sites for hydroxylation is 2. The van der Waals surface area contributed by atoms with Gasteiger partial charge in [0.1, 0.15) is 0 Å². The number of carboxylic acid groups (broad SMARTS) is 1. The lowest BCUT2D eigenvalue weighted by Gasteiger charge is -2.34. The molecule has 0 saturated carbocycles. The summed E-state index contributed by atoms with van der Waals surface area (Å²) < 4.78 is 3.33. The quantitative estimate of drug-likeness (QED) is 0.476. The molecule has 4 aromatic rings. The molecule has 1 atom stereocenters. The van der Waals surface area contributed by atoms with E-state index >= 15 is 0 Å². The van der Waals surface area contributed by atoms with Crippen molar-refractivity contribution in [1.29, 1.82) is 0 Å². The van der Waals surface area contributed by atoms with Gasteiger partial charge in [0.05, 0.1) is 17.8 Å². The van der Waals surface area contributed by atoms with Crippen LogP contribution in [0.25, 0.3) is 22.0 Å². The van der Waals surface area contributed by atoms with E-state index in [0.717, 1.165) is 30.3 Å². The number of carbonyl (C=O) groups excluding carboxylic acids is 1. The number of fused-ring (bicyclic) bond motifs is 1. The number of hydrogen-bond acceptors (Lipinski definition) is 5. The van der Waals surface area contributed by atoms with Crippen LogP contribution in [-0.4, -0.2) is 55.4 Å². The van der Waals surface area contributed by atoms with Crippen LogP contribution < -0.4 is 10.2 Å². The van der Waals surface area contributed by atoms with Gasteiger partial charge < -0.3 is 15.0 Å². The van der Waals surface area contributed by atoms with Gasteiger partial charge in [-0.3, -0.25) is 14.4 Å². The van der Waals surface area contributed by atoms with Crippen LogP contribution >= 0.6 is 0 Å². The monoisotopic (exact) mass is 458 g/mol. The fraction of sp³-hybridized carbons (Fsp3) is 0.280. The summed E-state index contributed by atoms with van der Waals surface area (Å²) in [6.45, 7) is 1.63. The minimum atomic E-state index is -1.05. The first kappa shape index (κ1) is 21.8. The fourth-order valence-corrected chi connectivity index (χ4v) is 4.72. The summed E-state index contributed by atoms with van der Waals surface area (Å²) in [7, 11) is 3.55. The Morgan fingerprint density at radius 3 is 2.65 bits per heavy atom. The Bertz CT molecular complexity index is 1370. The molecule has 0 spiro atoms. The SMILES string of the molecule is Cn1ncc(-c2ccc(C(=O)N(c3nccc4ccn(C)c34)[C@@H]3CCCNC3)cc2)c1C(=O)O. The summed E-state index contributed by atoms with van der Waals surface area (Å²) in [4.78, 5) is 32.0. The third-order valence-electron chi connectivity index (χ3n) is 6.43. The minimum absolute atomic E-state index is 0.0223. The molecule has 34 heavy (non-hydrogen) atoms. The predicted molar refractivity (Wildman–Crippen MR) is 129 cm³/mol. The number of hydrogen-bond donors (Lipinski definition) is 2. The van der Waals surface area contributed by atoms with Crippen LogP contribution in [0.15, 0.2) is 55.0 Å².